The lowest BCUT2D eigenvalue weighted by Gasteiger charge is -2.17. The highest BCUT2D eigenvalue weighted by Crippen LogP contribution is 2.19. The number of nitrogens with one attached hydrogen (secondary N) is 1. The molecule has 4 nitrogen and oxygen atoms in total. The molecule has 0 aliphatic rings. The van der Waals surface area contributed by atoms with Gasteiger partial charge in [0.05, 0.1) is 11.6 Å². The predicted molar refractivity (Wildman–Crippen MR) is 93.8 cm³/mol. The van der Waals surface area contributed by atoms with Crippen molar-refractivity contribution in [3.05, 3.63) is 51.5 Å². The van der Waals surface area contributed by atoms with Gasteiger partial charge < -0.3 is 10.4 Å². The van der Waals surface area contributed by atoms with Gasteiger partial charge >= 0.3 is 0 Å². The van der Waals surface area contributed by atoms with E-state index in [-0.39, 0.29) is 11.9 Å². The number of nitrogens with zero attached hydrogens (tertiary/aromatic N) is 1. The fraction of sp³-hybridized carbons (Fsp3) is 0.444. The van der Waals surface area contributed by atoms with E-state index in [4.69, 9.17) is 0 Å². The molecule has 0 radical (unpaired) electrons. The maximum Gasteiger partial charge on any atom is 0.251 e. The quantitative estimate of drug-likeness (QED) is 0.849. The van der Waals surface area contributed by atoms with Crippen LogP contribution in [-0.2, 0) is 6.42 Å². The van der Waals surface area contributed by atoms with Crippen molar-refractivity contribution in [1.82, 2.24) is 10.3 Å². The molecule has 124 valence electrons. The number of amides is 1. The Balaban J connectivity index is 2.02. The molecule has 1 aromatic heterocycles. The Labute approximate surface area is 141 Å². The summed E-state index contributed by atoms with van der Waals surface area (Å²) in [6.07, 6.45) is 1.40. The largest absolute Gasteiger partial charge is 0.390 e. The van der Waals surface area contributed by atoms with Crippen LogP contribution in [0, 0.1) is 6.92 Å². The van der Waals surface area contributed by atoms with Gasteiger partial charge in [0.15, 0.2) is 0 Å². The number of thiazole rings is 1. The van der Waals surface area contributed by atoms with Crippen molar-refractivity contribution in [1.29, 1.82) is 0 Å². The Morgan fingerprint density at radius 3 is 2.78 bits per heavy atom. The van der Waals surface area contributed by atoms with Gasteiger partial charge in [-0.15, -0.1) is 11.3 Å². The van der Waals surface area contributed by atoms with Gasteiger partial charge in [0.1, 0.15) is 5.01 Å². The maximum absolute atomic E-state index is 12.4. The number of hydrogen-bond donors (Lipinski definition) is 2. The molecular formula is C18H24N2O2S. The van der Waals surface area contributed by atoms with Crippen LogP contribution in [0.15, 0.2) is 29.6 Å². The summed E-state index contributed by atoms with van der Waals surface area (Å²) < 4.78 is 0. The molecule has 5 heteroatoms. The lowest BCUT2D eigenvalue weighted by atomic mass is 9.98. The van der Waals surface area contributed by atoms with Gasteiger partial charge in [0, 0.05) is 16.6 Å². The Morgan fingerprint density at radius 1 is 1.43 bits per heavy atom. The fourth-order valence-corrected chi connectivity index (χ4v) is 3.03. The highest BCUT2D eigenvalue weighted by Gasteiger charge is 2.15. The van der Waals surface area contributed by atoms with Gasteiger partial charge in [-0.05, 0) is 58.2 Å². The summed E-state index contributed by atoms with van der Waals surface area (Å²) in [6, 6.07) is 7.45. The molecule has 1 aromatic carbocycles. The number of hydrogen-bond acceptors (Lipinski definition) is 4. The Kier molecular flexibility index (Phi) is 5.55. The fourth-order valence-electron chi connectivity index (χ4n) is 2.23. The summed E-state index contributed by atoms with van der Waals surface area (Å²) in [5.74, 6) is -0.101. The standard InChI is InChI=1S/C18H24N2O2S/c1-12-11-23-17(19-12)13(2)20-16(21)15-7-5-6-14(10-15)8-9-18(3,4)22/h5-7,10-11,13,22H,8-9H2,1-4H3,(H,20,21)/t13-/m1/s1. The van der Waals surface area contributed by atoms with Crippen molar-refractivity contribution in [3.63, 3.8) is 0 Å². The molecule has 1 heterocycles. The number of carbonyl (C=O) groups is 1. The summed E-state index contributed by atoms with van der Waals surface area (Å²) in [7, 11) is 0. The average molecular weight is 332 g/mol. The third-order valence-corrected chi connectivity index (χ3v) is 4.71. The molecule has 0 saturated carbocycles. The van der Waals surface area contributed by atoms with E-state index < -0.39 is 5.60 Å². The molecule has 0 aliphatic heterocycles. The molecule has 0 bridgehead atoms. The maximum atomic E-state index is 12.4. The predicted octanol–water partition coefficient (Wildman–Crippen LogP) is 3.65. The lowest BCUT2D eigenvalue weighted by molar-refractivity contribution is 0.0714. The summed E-state index contributed by atoms with van der Waals surface area (Å²) >= 11 is 1.56. The van der Waals surface area contributed by atoms with E-state index in [1.807, 2.05) is 43.5 Å². The van der Waals surface area contributed by atoms with Gasteiger partial charge in [-0.2, -0.15) is 0 Å². The van der Waals surface area contributed by atoms with Crippen LogP contribution in [0.25, 0.3) is 0 Å². The SMILES string of the molecule is Cc1csc([C@@H](C)NC(=O)c2cccc(CCC(C)(C)O)c2)n1. The second-order valence-corrected chi connectivity index (χ2v) is 7.42. The third-order valence-electron chi connectivity index (χ3n) is 3.57. The van der Waals surface area contributed by atoms with Crippen molar-refractivity contribution in [2.75, 3.05) is 0 Å². The number of benzene rings is 1. The van der Waals surface area contributed by atoms with Gasteiger partial charge in [-0.3, -0.25) is 4.79 Å². The van der Waals surface area contributed by atoms with Gasteiger partial charge in [0.2, 0.25) is 0 Å². The van der Waals surface area contributed by atoms with E-state index >= 15 is 0 Å². The minimum absolute atomic E-state index is 0.101. The minimum atomic E-state index is -0.699. The third kappa shape index (κ3) is 5.44. The molecule has 0 unspecified atom stereocenters. The molecular weight excluding hydrogens is 308 g/mol. The molecule has 2 rings (SSSR count). The van der Waals surface area contributed by atoms with E-state index in [1.165, 1.54) is 0 Å². The molecule has 0 fully saturated rings. The van der Waals surface area contributed by atoms with Crippen molar-refractivity contribution in [2.45, 2.75) is 52.2 Å². The van der Waals surface area contributed by atoms with Crippen LogP contribution < -0.4 is 5.32 Å². The first-order valence-corrected chi connectivity index (χ1v) is 8.67. The van der Waals surface area contributed by atoms with Crippen molar-refractivity contribution in [2.24, 2.45) is 0 Å². The van der Waals surface area contributed by atoms with Crippen LogP contribution in [0.3, 0.4) is 0 Å². The molecule has 2 aromatic rings. The van der Waals surface area contributed by atoms with Gasteiger partial charge in [0.25, 0.3) is 5.91 Å². The highest BCUT2D eigenvalue weighted by atomic mass is 32.1. The van der Waals surface area contributed by atoms with E-state index in [0.717, 1.165) is 22.7 Å². The zero-order valence-electron chi connectivity index (χ0n) is 14.1. The molecule has 1 atom stereocenters. The normalized spacial score (nSPS) is 12.9. The first-order valence-electron chi connectivity index (χ1n) is 7.79. The molecule has 0 saturated heterocycles. The zero-order chi connectivity index (χ0) is 17.0. The van der Waals surface area contributed by atoms with E-state index in [2.05, 4.69) is 10.3 Å². The van der Waals surface area contributed by atoms with E-state index in [0.29, 0.717) is 12.0 Å². The van der Waals surface area contributed by atoms with Crippen LogP contribution in [-0.4, -0.2) is 21.6 Å². The topological polar surface area (TPSA) is 62.2 Å². The number of aryl methyl sites for hydroxylation is 2. The van der Waals surface area contributed by atoms with Crippen LogP contribution in [0.5, 0.6) is 0 Å². The Bertz CT molecular complexity index is 674. The second kappa shape index (κ2) is 7.23. The summed E-state index contributed by atoms with van der Waals surface area (Å²) in [4.78, 5) is 16.8. The monoisotopic (exact) mass is 332 g/mol. The summed E-state index contributed by atoms with van der Waals surface area (Å²) in [5.41, 5.74) is 1.96. The van der Waals surface area contributed by atoms with Gasteiger partial charge in [-0.25, -0.2) is 4.98 Å². The molecule has 0 spiro atoms. The van der Waals surface area contributed by atoms with Crippen molar-refractivity contribution < 1.29 is 9.90 Å². The average Bonchev–Trinajstić information content (AvgIpc) is 2.91. The van der Waals surface area contributed by atoms with Crippen LogP contribution in [0.1, 0.15) is 59.9 Å². The van der Waals surface area contributed by atoms with Gasteiger partial charge in [-0.1, -0.05) is 12.1 Å². The van der Waals surface area contributed by atoms with Crippen LogP contribution >= 0.6 is 11.3 Å². The first-order chi connectivity index (χ1) is 10.7. The van der Waals surface area contributed by atoms with Crippen molar-refractivity contribution in [3.8, 4) is 0 Å². The van der Waals surface area contributed by atoms with Crippen LogP contribution in [0.4, 0.5) is 0 Å². The highest BCUT2D eigenvalue weighted by molar-refractivity contribution is 7.09. The first kappa shape index (κ1) is 17.6. The van der Waals surface area contributed by atoms with Crippen LogP contribution in [0.2, 0.25) is 0 Å². The molecule has 2 N–H and O–H groups in total. The number of carbonyl (C=O) groups excluding carboxylic acids is 1. The van der Waals surface area contributed by atoms with E-state index in [1.54, 1.807) is 25.2 Å². The van der Waals surface area contributed by atoms with E-state index in [9.17, 15) is 9.90 Å². The summed E-state index contributed by atoms with van der Waals surface area (Å²) in [5, 5.41) is 15.7. The molecule has 0 aliphatic carbocycles. The number of aromatic nitrogens is 1. The number of aliphatic hydroxyl groups is 1. The lowest BCUT2D eigenvalue weighted by Crippen LogP contribution is -2.26. The Morgan fingerprint density at radius 2 is 2.17 bits per heavy atom. The zero-order valence-corrected chi connectivity index (χ0v) is 14.9. The smallest absolute Gasteiger partial charge is 0.251 e. The summed E-state index contributed by atoms with van der Waals surface area (Å²) in [6.45, 7) is 7.47. The second-order valence-electron chi connectivity index (χ2n) is 6.54. The molecule has 23 heavy (non-hydrogen) atoms. The number of rotatable bonds is 6. The Hall–Kier alpha value is -1.72. The minimum Gasteiger partial charge on any atom is -0.390 e. The molecule has 1 amide bonds. The van der Waals surface area contributed by atoms with Crippen molar-refractivity contribution >= 4 is 17.2 Å².